The van der Waals surface area contributed by atoms with Crippen molar-refractivity contribution < 1.29 is 19.1 Å². The summed E-state index contributed by atoms with van der Waals surface area (Å²) in [6.07, 6.45) is 2.30. The largest absolute Gasteiger partial charge is 0.485 e. The van der Waals surface area contributed by atoms with Crippen LogP contribution in [0.15, 0.2) is 24.3 Å². The van der Waals surface area contributed by atoms with Gasteiger partial charge in [0.15, 0.2) is 11.5 Å². The summed E-state index contributed by atoms with van der Waals surface area (Å²) in [5.41, 5.74) is 5.38. The highest BCUT2D eigenvalue weighted by Crippen LogP contribution is 2.31. The number of nitrogens with one attached hydrogen (secondary N) is 1. The van der Waals surface area contributed by atoms with E-state index in [-0.39, 0.29) is 36.9 Å². The van der Waals surface area contributed by atoms with Gasteiger partial charge in [-0.2, -0.15) is 0 Å². The molecule has 1 aromatic carbocycles. The normalized spacial score (nSPS) is 19.3. The SMILES string of the molecule is CCC(CC)(CN)C(=O)NC1CCN(C(=O)C2COc3ccccc3O2)CC1.Cl. The zero-order chi connectivity index (χ0) is 20.1. The minimum absolute atomic E-state index is 0. The lowest BCUT2D eigenvalue weighted by Gasteiger charge is -2.37. The molecule has 0 radical (unpaired) electrons. The summed E-state index contributed by atoms with van der Waals surface area (Å²) in [6.45, 7) is 5.77. The van der Waals surface area contributed by atoms with E-state index >= 15 is 0 Å². The number of piperidine rings is 1. The lowest BCUT2D eigenvalue weighted by atomic mass is 9.81. The summed E-state index contributed by atoms with van der Waals surface area (Å²) in [6, 6.07) is 7.45. The maximum atomic E-state index is 12.8. The number of nitrogens with zero attached hydrogens (tertiary/aromatic N) is 1. The van der Waals surface area contributed by atoms with E-state index in [1.807, 2.05) is 38.1 Å². The average molecular weight is 426 g/mol. The summed E-state index contributed by atoms with van der Waals surface area (Å²) in [5.74, 6) is 1.25. The molecule has 0 spiro atoms. The molecular weight excluding hydrogens is 394 g/mol. The number of likely N-dealkylation sites (tertiary alicyclic amines) is 1. The summed E-state index contributed by atoms with van der Waals surface area (Å²) in [7, 11) is 0. The van der Waals surface area contributed by atoms with Gasteiger partial charge in [-0.1, -0.05) is 26.0 Å². The number of amides is 2. The first-order chi connectivity index (χ1) is 13.5. The second-order valence-corrected chi connectivity index (χ2v) is 7.63. The quantitative estimate of drug-likeness (QED) is 0.728. The lowest BCUT2D eigenvalue weighted by molar-refractivity contribution is -0.142. The highest BCUT2D eigenvalue weighted by atomic mass is 35.5. The van der Waals surface area contributed by atoms with Crippen molar-refractivity contribution in [3.05, 3.63) is 24.3 Å². The molecule has 0 bridgehead atoms. The van der Waals surface area contributed by atoms with Crippen molar-refractivity contribution in [3.63, 3.8) is 0 Å². The molecule has 0 aromatic heterocycles. The van der Waals surface area contributed by atoms with Gasteiger partial charge >= 0.3 is 0 Å². The average Bonchev–Trinajstić information content (AvgIpc) is 2.75. The molecular formula is C21H32ClN3O4. The van der Waals surface area contributed by atoms with E-state index in [9.17, 15) is 9.59 Å². The minimum atomic E-state index is -0.619. The van der Waals surface area contributed by atoms with Crippen LogP contribution in [-0.4, -0.2) is 55.1 Å². The minimum Gasteiger partial charge on any atom is -0.485 e. The number of carbonyl (C=O) groups is 2. The molecule has 1 atom stereocenters. The van der Waals surface area contributed by atoms with Crippen molar-refractivity contribution in [2.24, 2.45) is 11.1 Å². The van der Waals surface area contributed by atoms with Crippen LogP contribution in [0.25, 0.3) is 0 Å². The van der Waals surface area contributed by atoms with E-state index in [1.54, 1.807) is 4.90 Å². The fourth-order valence-electron chi connectivity index (χ4n) is 3.88. The summed E-state index contributed by atoms with van der Waals surface area (Å²) in [5, 5.41) is 3.15. The summed E-state index contributed by atoms with van der Waals surface area (Å²) in [4.78, 5) is 27.3. The Morgan fingerprint density at radius 2 is 1.79 bits per heavy atom. The second kappa shape index (κ2) is 10.2. The maximum absolute atomic E-state index is 12.8. The molecule has 8 heteroatoms. The van der Waals surface area contributed by atoms with Crippen molar-refractivity contribution in [2.75, 3.05) is 26.2 Å². The molecule has 1 unspecified atom stereocenters. The number of rotatable bonds is 6. The van der Waals surface area contributed by atoms with Crippen LogP contribution in [0.5, 0.6) is 11.5 Å². The van der Waals surface area contributed by atoms with Crippen molar-refractivity contribution in [2.45, 2.75) is 51.7 Å². The number of fused-ring (bicyclic) bond motifs is 1. The third-order valence-corrected chi connectivity index (χ3v) is 6.15. The van der Waals surface area contributed by atoms with Crippen molar-refractivity contribution in [1.29, 1.82) is 0 Å². The Labute approximate surface area is 178 Å². The predicted molar refractivity (Wildman–Crippen MR) is 113 cm³/mol. The standard InChI is InChI=1S/C21H31N3O4.ClH/c1-3-21(4-2,14-22)20(26)23-15-9-11-24(12-10-15)19(25)18-13-27-16-7-5-6-8-17(16)28-18;/h5-8,15,18H,3-4,9-14,22H2,1-2H3,(H,23,26);1H. The number of carbonyl (C=O) groups excluding carboxylic acids is 2. The van der Waals surface area contributed by atoms with Gasteiger partial charge in [0, 0.05) is 25.7 Å². The topological polar surface area (TPSA) is 93.9 Å². The third kappa shape index (κ3) is 4.95. The molecule has 0 saturated carbocycles. The molecule has 7 nitrogen and oxygen atoms in total. The Hall–Kier alpha value is -1.99. The van der Waals surface area contributed by atoms with Gasteiger partial charge in [-0.3, -0.25) is 9.59 Å². The third-order valence-electron chi connectivity index (χ3n) is 6.15. The number of halogens is 1. The van der Waals surface area contributed by atoms with Crippen LogP contribution in [0.4, 0.5) is 0 Å². The van der Waals surface area contributed by atoms with Gasteiger partial charge < -0.3 is 25.4 Å². The van der Waals surface area contributed by atoms with Gasteiger partial charge in [0.1, 0.15) is 6.61 Å². The van der Waals surface area contributed by atoms with Crippen LogP contribution in [0.2, 0.25) is 0 Å². The first kappa shape index (κ1) is 23.3. The van der Waals surface area contributed by atoms with Crippen molar-refractivity contribution >= 4 is 24.2 Å². The van der Waals surface area contributed by atoms with Crippen LogP contribution in [0.1, 0.15) is 39.5 Å². The highest BCUT2D eigenvalue weighted by molar-refractivity contribution is 5.85. The van der Waals surface area contributed by atoms with E-state index < -0.39 is 11.5 Å². The zero-order valence-electron chi connectivity index (χ0n) is 17.2. The predicted octanol–water partition coefficient (Wildman–Crippen LogP) is 2.12. The number of hydrogen-bond acceptors (Lipinski definition) is 5. The van der Waals surface area contributed by atoms with Crippen molar-refractivity contribution in [1.82, 2.24) is 10.2 Å². The maximum Gasteiger partial charge on any atom is 0.267 e. The number of hydrogen-bond donors (Lipinski definition) is 2. The Morgan fingerprint density at radius 1 is 1.17 bits per heavy atom. The van der Waals surface area contributed by atoms with Crippen molar-refractivity contribution in [3.8, 4) is 11.5 Å². The molecule has 1 aromatic rings. The molecule has 2 aliphatic heterocycles. The van der Waals surface area contributed by atoms with E-state index in [0.29, 0.717) is 31.1 Å². The fraction of sp³-hybridized carbons (Fsp3) is 0.619. The molecule has 3 rings (SSSR count). The number of nitrogens with two attached hydrogens (primary N) is 1. The zero-order valence-corrected chi connectivity index (χ0v) is 18.0. The van der Waals surface area contributed by atoms with Gasteiger partial charge in [0.25, 0.3) is 5.91 Å². The smallest absolute Gasteiger partial charge is 0.267 e. The van der Waals surface area contributed by atoms with Gasteiger partial charge in [0.2, 0.25) is 12.0 Å². The van der Waals surface area contributed by atoms with Crippen LogP contribution in [-0.2, 0) is 9.59 Å². The van der Waals surface area contributed by atoms with Crippen LogP contribution >= 0.6 is 12.4 Å². The summed E-state index contributed by atoms with van der Waals surface area (Å²) < 4.78 is 11.5. The number of para-hydroxylation sites is 2. The van der Waals surface area contributed by atoms with Gasteiger partial charge in [-0.15, -0.1) is 12.4 Å². The Morgan fingerprint density at radius 3 is 2.38 bits per heavy atom. The van der Waals surface area contributed by atoms with E-state index in [4.69, 9.17) is 15.2 Å². The molecule has 1 saturated heterocycles. The fourth-order valence-corrected chi connectivity index (χ4v) is 3.88. The molecule has 1 fully saturated rings. The Bertz CT molecular complexity index is 695. The van der Waals surface area contributed by atoms with Gasteiger partial charge in [-0.25, -0.2) is 0 Å². The Balaban J connectivity index is 0.00000300. The van der Waals surface area contributed by atoms with Crippen LogP contribution in [0, 0.1) is 5.41 Å². The van der Waals surface area contributed by atoms with Gasteiger partial charge in [0.05, 0.1) is 5.41 Å². The first-order valence-corrected chi connectivity index (χ1v) is 10.2. The lowest BCUT2D eigenvalue weighted by Crippen LogP contribution is -2.54. The molecule has 162 valence electrons. The van der Waals surface area contributed by atoms with Crippen LogP contribution < -0.4 is 20.5 Å². The van der Waals surface area contributed by atoms with Crippen LogP contribution in [0.3, 0.4) is 0 Å². The van der Waals surface area contributed by atoms with E-state index in [1.165, 1.54) is 0 Å². The molecule has 2 heterocycles. The first-order valence-electron chi connectivity index (χ1n) is 10.2. The van der Waals surface area contributed by atoms with E-state index in [0.717, 1.165) is 25.7 Å². The second-order valence-electron chi connectivity index (χ2n) is 7.63. The number of ether oxygens (including phenoxy) is 2. The van der Waals surface area contributed by atoms with E-state index in [2.05, 4.69) is 5.32 Å². The molecule has 29 heavy (non-hydrogen) atoms. The summed E-state index contributed by atoms with van der Waals surface area (Å²) >= 11 is 0. The Kier molecular flexibility index (Phi) is 8.16. The number of benzene rings is 1. The van der Waals surface area contributed by atoms with Gasteiger partial charge in [-0.05, 0) is 37.8 Å². The molecule has 2 amide bonds. The molecule has 0 aliphatic carbocycles. The molecule has 3 N–H and O–H groups in total. The molecule has 2 aliphatic rings. The monoisotopic (exact) mass is 425 g/mol. The highest BCUT2D eigenvalue weighted by Gasteiger charge is 2.37.